The van der Waals surface area contributed by atoms with Crippen LogP contribution in [-0.2, 0) is 7.05 Å². The third-order valence-electron chi connectivity index (χ3n) is 1.77. The number of aryl methyl sites for hydroxylation is 1. The SMILES string of the molecule is Cn1nc(C#N)cc1-c1ccco1. The molecule has 0 saturated carbocycles. The van der Waals surface area contributed by atoms with Gasteiger partial charge >= 0.3 is 0 Å². The van der Waals surface area contributed by atoms with Gasteiger partial charge in [0.1, 0.15) is 11.8 Å². The second-order valence-corrected chi connectivity index (χ2v) is 2.63. The van der Waals surface area contributed by atoms with Gasteiger partial charge < -0.3 is 4.42 Å². The Hall–Kier alpha value is -2.02. The summed E-state index contributed by atoms with van der Waals surface area (Å²) in [5.74, 6) is 0.719. The summed E-state index contributed by atoms with van der Waals surface area (Å²) < 4.78 is 6.81. The van der Waals surface area contributed by atoms with Gasteiger partial charge in [-0.15, -0.1) is 0 Å². The summed E-state index contributed by atoms with van der Waals surface area (Å²) in [5, 5.41) is 12.6. The average Bonchev–Trinajstić information content (AvgIpc) is 2.72. The first-order valence-corrected chi connectivity index (χ1v) is 3.79. The first-order chi connectivity index (χ1) is 6.31. The summed E-state index contributed by atoms with van der Waals surface area (Å²) >= 11 is 0. The lowest BCUT2D eigenvalue weighted by molar-refractivity contribution is 0.573. The second-order valence-electron chi connectivity index (χ2n) is 2.63. The number of hydrogen-bond donors (Lipinski definition) is 0. The fourth-order valence-corrected chi connectivity index (χ4v) is 1.18. The predicted octanol–water partition coefficient (Wildman–Crippen LogP) is 1.55. The highest BCUT2D eigenvalue weighted by Crippen LogP contribution is 2.19. The molecule has 0 aliphatic carbocycles. The highest BCUT2D eigenvalue weighted by atomic mass is 16.3. The lowest BCUT2D eigenvalue weighted by Crippen LogP contribution is -1.92. The van der Waals surface area contributed by atoms with Gasteiger partial charge in [-0.1, -0.05) is 0 Å². The standard InChI is InChI=1S/C9H7N3O/c1-12-8(5-7(6-10)11-12)9-3-2-4-13-9/h2-5H,1H3. The molecular formula is C9H7N3O. The van der Waals surface area contributed by atoms with Crippen molar-refractivity contribution in [3.8, 4) is 17.5 Å². The van der Waals surface area contributed by atoms with E-state index in [0.717, 1.165) is 11.5 Å². The fraction of sp³-hybridized carbons (Fsp3) is 0.111. The highest BCUT2D eigenvalue weighted by molar-refractivity contribution is 5.54. The van der Waals surface area contributed by atoms with Gasteiger partial charge in [-0.3, -0.25) is 4.68 Å². The van der Waals surface area contributed by atoms with Crippen LogP contribution in [0.1, 0.15) is 5.69 Å². The molecule has 0 spiro atoms. The van der Waals surface area contributed by atoms with Crippen molar-refractivity contribution in [2.45, 2.75) is 0 Å². The maximum Gasteiger partial charge on any atom is 0.163 e. The van der Waals surface area contributed by atoms with E-state index in [4.69, 9.17) is 9.68 Å². The van der Waals surface area contributed by atoms with Gasteiger partial charge in [0.2, 0.25) is 0 Å². The van der Waals surface area contributed by atoms with Gasteiger partial charge in [0.25, 0.3) is 0 Å². The molecule has 0 aliphatic heterocycles. The molecule has 0 radical (unpaired) electrons. The van der Waals surface area contributed by atoms with E-state index >= 15 is 0 Å². The van der Waals surface area contributed by atoms with E-state index in [-0.39, 0.29) is 0 Å². The number of nitrogens with zero attached hydrogens (tertiary/aromatic N) is 3. The van der Waals surface area contributed by atoms with Crippen molar-refractivity contribution in [2.24, 2.45) is 7.05 Å². The van der Waals surface area contributed by atoms with E-state index in [2.05, 4.69) is 5.10 Å². The third-order valence-corrected chi connectivity index (χ3v) is 1.77. The van der Waals surface area contributed by atoms with Crippen molar-refractivity contribution in [1.82, 2.24) is 9.78 Å². The number of nitriles is 1. The van der Waals surface area contributed by atoms with E-state index in [0.29, 0.717) is 5.69 Å². The molecule has 0 fully saturated rings. The van der Waals surface area contributed by atoms with Gasteiger partial charge in [0, 0.05) is 13.1 Å². The van der Waals surface area contributed by atoms with Crippen LogP contribution in [0.25, 0.3) is 11.5 Å². The van der Waals surface area contributed by atoms with Gasteiger partial charge in [0.15, 0.2) is 11.5 Å². The quantitative estimate of drug-likeness (QED) is 0.657. The normalized spacial score (nSPS) is 9.85. The predicted molar refractivity (Wildman–Crippen MR) is 45.6 cm³/mol. The molecule has 2 heterocycles. The topological polar surface area (TPSA) is 54.8 Å². The zero-order valence-corrected chi connectivity index (χ0v) is 7.06. The molecule has 0 saturated heterocycles. The zero-order chi connectivity index (χ0) is 9.26. The molecule has 64 valence electrons. The Kier molecular flexibility index (Phi) is 1.64. The van der Waals surface area contributed by atoms with Crippen LogP contribution in [0.3, 0.4) is 0 Å². The van der Waals surface area contributed by atoms with E-state index in [1.54, 1.807) is 30.1 Å². The third kappa shape index (κ3) is 1.20. The minimum absolute atomic E-state index is 0.397. The van der Waals surface area contributed by atoms with Crippen LogP contribution >= 0.6 is 0 Å². The van der Waals surface area contributed by atoms with Crippen molar-refractivity contribution in [1.29, 1.82) is 5.26 Å². The Balaban J connectivity index is 2.54. The van der Waals surface area contributed by atoms with Crippen LogP contribution in [-0.4, -0.2) is 9.78 Å². The largest absolute Gasteiger partial charge is 0.463 e. The van der Waals surface area contributed by atoms with E-state index in [1.807, 2.05) is 12.1 Å². The molecule has 0 amide bonds. The molecular weight excluding hydrogens is 166 g/mol. The van der Waals surface area contributed by atoms with Crippen LogP contribution < -0.4 is 0 Å². The molecule has 0 N–H and O–H groups in total. The summed E-state index contributed by atoms with van der Waals surface area (Å²) in [7, 11) is 1.78. The summed E-state index contributed by atoms with van der Waals surface area (Å²) in [4.78, 5) is 0. The molecule has 2 aromatic heterocycles. The first-order valence-electron chi connectivity index (χ1n) is 3.79. The van der Waals surface area contributed by atoms with Crippen LogP contribution in [0.4, 0.5) is 0 Å². The fourth-order valence-electron chi connectivity index (χ4n) is 1.18. The zero-order valence-electron chi connectivity index (χ0n) is 7.06. The molecule has 2 rings (SSSR count). The Labute approximate surface area is 75.0 Å². The van der Waals surface area contributed by atoms with Crippen LogP contribution in [0.5, 0.6) is 0 Å². The molecule has 0 bridgehead atoms. The van der Waals surface area contributed by atoms with Gasteiger partial charge in [-0.05, 0) is 12.1 Å². The summed E-state index contributed by atoms with van der Waals surface area (Å²) in [6, 6.07) is 7.30. The average molecular weight is 173 g/mol. The van der Waals surface area contributed by atoms with Crippen molar-refractivity contribution in [3.05, 3.63) is 30.2 Å². The molecule has 13 heavy (non-hydrogen) atoms. The van der Waals surface area contributed by atoms with Crippen molar-refractivity contribution in [2.75, 3.05) is 0 Å². The molecule has 0 atom stereocenters. The number of rotatable bonds is 1. The lowest BCUT2D eigenvalue weighted by atomic mass is 10.3. The Morgan fingerprint density at radius 2 is 2.46 bits per heavy atom. The Bertz CT molecular complexity index is 448. The summed E-state index contributed by atoms with van der Waals surface area (Å²) in [5.41, 5.74) is 1.20. The lowest BCUT2D eigenvalue weighted by Gasteiger charge is -1.94. The summed E-state index contributed by atoms with van der Waals surface area (Å²) in [6.07, 6.45) is 1.59. The van der Waals surface area contributed by atoms with Crippen molar-refractivity contribution < 1.29 is 4.42 Å². The van der Waals surface area contributed by atoms with Crippen LogP contribution in [0.15, 0.2) is 28.9 Å². The highest BCUT2D eigenvalue weighted by Gasteiger charge is 2.08. The smallest absolute Gasteiger partial charge is 0.163 e. The van der Waals surface area contributed by atoms with Crippen molar-refractivity contribution >= 4 is 0 Å². The maximum absolute atomic E-state index is 8.62. The van der Waals surface area contributed by atoms with Gasteiger partial charge in [-0.2, -0.15) is 10.4 Å². The van der Waals surface area contributed by atoms with Crippen LogP contribution in [0.2, 0.25) is 0 Å². The monoisotopic (exact) mass is 173 g/mol. The van der Waals surface area contributed by atoms with Crippen molar-refractivity contribution in [3.63, 3.8) is 0 Å². The maximum atomic E-state index is 8.62. The van der Waals surface area contributed by atoms with Gasteiger partial charge in [-0.25, -0.2) is 0 Å². The van der Waals surface area contributed by atoms with E-state index in [9.17, 15) is 0 Å². The number of hydrogen-bond acceptors (Lipinski definition) is 3. The molecule has 0 aliphatic rings. The van der Waals surface area contributed by atoms with Crippen LogP contribution in [0, 0.1) is 11.3 Å². The second kappa shape index (κ2) is 2.79. The molecule has 4 nitrogen and oxygen atoms in total. The molecule has 4 heteroatoms. The molecule has 2 aromatic rings. The Morgan fingerprint density at radius 3 is 3.00 bits per heavy atom. The number of furan rings is 1. The first kappa shape index (κ1) is 7.62. The minimum atomic E-state index is 0.397. The van der Waals surface area contributed by atoms with Gasteiger partial charge in [0.05, 0.1) is 6.26 Å². The molecule has 0 unspecified atom stereocenters. The number of aromatic nitrogens is 2. The Morgan fingerprint density at radius 1 is 1.62 bits per heavy atom. The van der Waals surface area contributed by atoms with E-state index in [1.165, 1.54) is 0 Å². The van der Waals surface area contributed by atoms with E-state index < -0.39 is 0 Å². The summed E-state index contributed by atoms with van der Waals surface area (Å²) in [6.45, 7) is 0. The minimum Gasteiger partial charge on any atom is -0.463 e. The molecule has 0 aromatic carbocycles.